The molecule has 0 aromatic carbocycles. The van der Waals surface area contributed by atoms with Gasteiger partial charge in [0.25, 0.3) is 0 Å². The molecule has 1 unspecified atom stereocenters. The van der Waals surface area contributed by atoms with Crippen LogP contribution in [0.5, 0.6) is 0 Å². The second-order valence-corrected chi connectivity index (χ2v) is 6.48. The molecule has 2 aromatic heterocycles. The van der Waals surface area contributed by atoms with E-state index in [4.69, 9.17) is 0 Å². The van der Waals surface area contributed by atoms with E-state index in [-0.39, 0.29) is 11.6 Å². The summed E-state index contributed by atoms with van der Waals surface area (Å²) in [6.07, 6.45) is 4.94. The van der Waals surface area contributed by atoms with Crippen molar-refractivity contribution in [2.24, 2.45) is 0 Å². The van der Waals surface area contributed by atoms with Crippen molar-refractivity contribution in [2.75, 3.05) is 26.2 Å². The first kappa shape index (κ1) is 18.0. The number of piperazine rings is 1. The van der Waals surface area contributed by atoms with E-state index in [1.165, 1.54) is 10.9 Å². The summed E-state index contributed by atoms with van der Waals surface area (Å²) in [4.78, 5) is 31.4. The lowest BCUT2D eigenvalue weighted by molar-refractivity contribution is -0.385. The number of pyridine rings is 1. The normalized spacial score (nSPS) is 16.5. The van der Waals surface area contributed by atoms with Gasteiger partial charge in [-0.2, -0.15) is 5.10 Å². The minimum atomic E-state index is -0.563. The predicted molar refractivity (Wildman–Crippen MR) is 94.4 cm³/mol. The molecule has 1 saturated heterocycles. The van der Waals surface area contributed by atoms with E-state index in [0.717, 1.165) is 25.2 Å². The van der Waals surface area contributed by atoms with Gasteiger partial charge in [0.05, 0.1) is 4.92 Å². The number of hydrogen-bond acceptors (Lipinski definition) is 6. The number of hydrogen-bond donors (Lipinski definition) is 0. The van der Waals surface area contributed by atoms with Crippen LogP contribution in [-0.2, 0) is 11.3 Å². The first-order chi connectivity index (χ1) is 12.5. The van der Waals surface area contributed by atoms with Gasteiger partial charge in [-0.1, -0.05) is 6.07 Å². The van der Waals surface area contributed by atoms with Crippen LogP contribution in [0.2, 0.25) is 0 Å². The Balaban J connectivity index is 1.57. The van der Waals surface area contributed by atoms with E-state index in [1.54, 1.807) is 24.9 Å². The van der Waals surface area contributed by atoms with Gasteiger partial charge in [0, 0.05) is 45.1 Å². The van der Waals surface area contributed by atoms with E-state index in [2.05, 4.69) is 15.0 Å². The highest BCUT2D eigenvalue weighted by Crippen LogP contribution is 2.20. The van der Waals surface area contributed by atoms with Gasteiger partial charge in [-0.05, 0) is 25.5 Å². The van der Waals surface area contributed by atoms with Crippen molar-refractivity contribution >= 4 is 11.6 Å². The van der Waals surface area contributed by atoms with E-state index in [0.29, 0.717) is 18.8 Å². The molecule has 3 rings (SSSR count). The zero-order valence-corrected chi connectivity index (χ0v) is 14.9. The van der Waals surface area contributed by atoms with Crippen molar-refractivity contribution in [3.05, 3.63) is 52.1 Å². The summed E-state index contributed by atoms with van der Waals surface area (Å²) in [6, 6.07) is 3.40. The molecule has 1 fully saturated rings. The Morgan fingerprint density at radius 1 is 1.35 bits per heavy atom. The van der Waals surface area contributed by atoms with Crippen molar-refractivity contribution in [3.8, 4) is 0 Å². The smallest absolute Gasteiger partial charge is 0.309 e. The average Bonchev–Trinajstić information content (AvgIpc) is 3.04. The molecule has 1 aliphatic rings. The summed E-state index contributed by atoms with van der Waals surface area (Å²) >= 11 is 0. The molecule has 0 saturated carbocycles. The molecular formula is C17H22N6O3. The molecule has 9 nitrogen and oxygen atoms in total. The Bertz CT molecular complexity index is 783. The Labute approximate surface area is 151 Å². The number of aromatic nitrogens is 3. The lowest BCUT2D eigenvalue weighted by atomic mass is 10.2. The fourth-order valence-corrected chi connectivity index (χ4v) is 3.10. The molecule has 26 heavy (non-hydrogen) atoms. The molecule has 0 aliphatic carbocycles. The highest BCUT2D eigenvalue weighted by molar-refractivity contribution is 5.80. The fourth-order valence-electron chi connectivity index (χ4n) is 3.10. The number of carbonyl (C=O) groups excluding carboxylic acids is 1. The zero-order chi connectivity index (χ0) is 18.7. The summed E-state index contributed by atoms with van der Waals surface area (Å²) < 4.78 is 1.39. The summed E-state index contributed by atoms with van der Waals surface area (Å²) in [5.41, 5.74) is 1.40. The van der Waals surface area contributed by atoms with Crippen LogP contribution in [0.25, 0.3) is 0 Å². The van der Waals surface area contributed by atoms with Gasteiger partial charge in [-0.25, -0.2) is 0 Å². The van der Waals surface area contributed by atoms with Crippen LogP contribution >= 0.6 is 0 Å². The van der Waals surface area contributed by atoms with Crippen molar-refractivity contribution in [2.45, 2.75) is 26.4 Å². The van der Waals surface area contributed by atoms with Crippen molar-refractivity contribution in [1.82, 2.24) is 24.6 Å². The minimum absolute atomic E-state index is 0.0639. The third kappa shape index (κ3) is 3.88. The highest BCUT2D eigenvalue weighted by atomic mass is 16.6. The molecule has 1 atom stereocenters. The summed E-state index contributed by atoms with van der Waals surface area (Å²) in [5.74, 6) is -0.0663. The van der Waals surface area contributed by atoms with Crippen LogP contribution in [0, 0.1) is 17.0 Å². The maximum absolute atomic E-state index is 12.7. The van der Waals surface area contributed by atoms with E-state index in [9.17, 15) is 14.9 Å². The summed E-state index contributed by atoms with van der Waals surface area (Å²) in [5, 5.41) is 15.1. The SMILES string of the molecule is Cc1nn(C(C)C(=O)N2CCN(Cc3cccnc3)CC2)cc1[N+](=O)[O-]. The van der Waals surface area contributed by atoms with Gasteiger partial charge >= 0.3 is 5.69 Å². The van der Waals surface area contributed by atoms with Crippen molar-refractivity contribution in [3.63, 3.8) is 0 Å². The van der Waals surface area contributed by atoms with Gasteiger partial charge in [-0.15, -0.1) is 0 Å². The van der Waals surface area contributed by atoms with Crippen LogP contribution in [0.4, 0.5) is 5.69 Å². The summed E-state index contributed by atoms with van der Waals surface area (Å²) in [7, 11) is 0. The second-order valence-electron chi connectivity index (χ2n) is 6.48. The van der Waals surface area contributed by atoms with Crippen molar-refractivity contribution < 1.29 is 9.72 Å². The monoisotopic (exact) mass is 358 g/mol. The third-order valence-electron chi connectivity index (χ3n) is 4.65. The lowest BCUT2D eigenvalue weighted by Gasteiger charge is -2.35. The quantitative estimate of drug-likeness (QED) is 0.592. The lowest BCUT2D eigenvalue weighted by Crippen LogP contribution is -2.49. The summed E-state index contributed by atoms with van der Waals surface area (Å²) in [6.45, 7) is 6.94. The number of aryl methyl sites for hydroxylation is 1. The Morgan fingerprint density at radius 3 is 2.65 bits per heavy atom. The molecule has 3 heterocycles. The molecule has 9 heteroatoms. The van der Waals surface area contributed by atoms with Gasteiger partial charge in [0.15, 0.2) is 0 Å². The van der Waals surface area contributed by atoms with Gasteiger partial charge < -0.3 is 4.90 Å². The van der Waals surface area contributed by atoms with E-state index >= 15 is 0 Å². The zero-order valence-electron chi connectivity index (χ0n) is 14.9. The Kier molecular flexibility index (Phi) is 5.27. The largest absolute Gasteiger partial charge is 0.338 e. The van der Waals surface area contributed by atoms with Crippen LogP contribution in [0.3, 0.4) is 0 Å². The standard InChI is InChI=1S/C17H22N6O3/c1-13-16(23(25)26)12-22(19-13)14(2)17(24)21-8-6-20(7-9-21)11-15-4-3-5-18-10-15/h3-5,10,12,14H,6-9,11H2,1-2H3. The Morgan fingerprint density at radius 2 is 2.08 bits per heavy atom. The van der Waals surface area contributed by atoms with Crippen LogP contribution in [0.15, 0.2) is 30.7 Å². The molecule has 0 spiro atoms. The number of rotatable bonds is 5. The number of amides is 1. The molecular weight excluding hydrogens is 336 g/mol. The van der Waals surface area contributed by atoms with Gasteiger partial charge in [-0.3, -0.25) is 29.5 Å². The number of carbonyl (C=O) groups is 1. The first-order valence-corrected chi connectivity index (χ1v) is 8.56. The maximum Gasteiger partial charge on any atom is 0.309 e. The predicted octanol–water partition coefficient (Wildman–Crippen LogP) is 1.40. The van der Waals surface area contributed by atoms with Gasteiger partial charge in [0.1, 0.15) is 17.9 Å². The van der Waals surface area contributed by atoms with E-state index in [1.807, 2.05) is 18.3 Å². The molecule has 0 bridgehead atoms. The molecule has 0 radical (unpaired) electrons. The number of nitrogens with zero attached hydrogens (tertiary/aromatic N) is 6. The van der Waals surface area contributed by atoms with Crippen molar-refractivity contribution in [1.29, 1.82) is 0 Å². The third-order valence-corrected chi connectivity index (χ3v) is 4.65. The molecule has 138 valence electrons. The second kappa shape index (κ2) is 7.61. The maximum atomic E-state index is 12.7. The van der Waals surface area contributed by atoms with Crippen LogP contribution in [0.1, 0.15) is 24.2 Å². The topological polar surface area (TPSA) is 97.4 Å². The molecule has 0 N–H and O–H groups in total. The molecule has 2 aromatic rings. The average molecular weight is 358 g/mol. The minimum Gasteiger partial charge on any atom is -0.338 e. The first-order valence-electron chi connectivity index (χ1n) is 8.56. The van der Waals surface area contributed by atoms with Crippen LogP contribution in [-0.4, -0.2) is 61.6 Å². The highest BCUT2D eigenvalue weighted by Gasteiger charge is 2.28. The van der Waals surface area contributed by atoms with Crippen LogP contribution < -0.4 is 0 Å². The number of nitro groups is 1. The molecule has 1 amide bonds. The molecule has 1 aliphatic heterocycles. The van der Waals surface area contributed by atoms with E-state index < -0.39 is 11.0 Å². The van der Waals surface area contributed by atoms with Gasteiger partial charge in [0.2, 0.25) is 5.91 Å². The Hall–Kier alpha value is -2.81. The fraction of sp³-hybridized carbons (Fsp3) is 0.471.